The van der Waals surface area contributed by atoms with Crippen LogP contribution < -0.4 is 0 Å². The highest BCUT2D eigenvalue weighted by molar-refractivity contribution is 7.27. The molecule has 0 bridgehead atoms. The Hall–Kier alpha value is -6.75. The van der Waals surface area contributed by atoms with E-state index in [1.54, 1.807) is 0 Å². The molecule has 2 aromatic heterocycles. The molecule has 2 heterocycles. The molecule has 0 aliphatic heterocycles. The van der Waals surface area contributed by atoms with Gasteiger partial charge in [0, 0.05) is 42.2 Å². The van der Waals surface area contributed by atoms with Crippen LogP contribution in [0.25, 0.3) is 109 Å². The van der Waals surface area contributed by atoms with Crippen LogP contribution in [0.5, 0.6) is 0 Å². The van der Waals surface area contributed by atoms with E-state index in [0.29, 0.717) is 17.5 Å². The van der Waals surface area contributed by atoms with Crippen molar-refractivity contribution >= 4 is 74.6 Å². The lowest BCUT2D eigenvalue weighted by Gasteiger charge is -2.17. The molecule has 0 saturated heterocycles. The summed E-state index contributed by atoms with van der Waals surface area (Å²) in [6.45, 7) is 0. The maximum absolute atomic E-state index is 5.20. The number of hydrogen-bond acceptors (Lipinski definition) is 4. The molecule has 0 fully saturated rings. The number of aromatic nitrogens is 3. The number of benzene rings is 9. The average Bonchev–Trinajstić information content (AvgIpc) is 3.63. The summed E-state index contributed by atoms with van der Waals surface area (Å²) in [6, 6.07) is 62.6. The fraction of sp³-hybridized carbons (Fsp3) is 0. The van der Waals surface area contributed by atoms with Gasteiger partial charge in [-0.25, -0.2) is 15.0 Å². The van der Waals surface area contributed by atoms with Crippen LogP contribution in [0.1, 0.15) is 0 Å². The molecule has 0 saturated carbocycles. The van der Waals surface area contributed by atoms with E-state index in [-0.39, 0.29) is 0 Å². The van der Waals surface area contributed by atoms with Gasteiger partial charge in [-0.05, 0) is 61.0 Å². The Labute approximate surface area is 309 Å². The first-order valence-corrected chi connectivity index (χ1v) is 18.7. The van der Waals surface area contributed by atoms with Crippen LogP contribution in [-0.2, 0) is 0 Å². The molecule has 0 radical (unpaired) electrons. The standard InChI is InChI=1S/C49H29N3S/c1-3-15-30(16-4-1)47-50-48(31-17-5-2-6-18-31)52-49(51-47)45-38-24-12-10-22-36(38)43(37-23-11-13-25-39(37)45)32-27-28-42-41(29-32)44-35-21-9-7-19-33(35)34-20-8-14-26-40(34)46(44)53-42/h1-29H. The van der Waals surface area contributed by atoms with Gasteiger partial charge in [0.25, 0.3) is 0 Å². The van der Waals surface area contributed by atoms with Crippen LogP contribution in [-0.4, -0.2) is 15.0 Å². The normalized spacial score (nSPS) is 11.8. The zero-order valence-electron chi connectivity index (χ0n) is 28.5. The second-order valence-electron chi connectivity index (χ2n) is 13.5. The lowest BCUT2D eigenvalue weighted by Crippen LogP contribution is -2.01. The molecule has 0 spiro atoms. The molecule has 53 heavy (non-hydrogen) atoms. The second-order valence-corrected chi connectivity index (χ2v) is 14.5. The molecule has 0 atom stereocenters. The van der Waals surface area contributed by atoms with E-state index in [9.17, 15) is 0 Å². The van der Waals surface area contributed by atoms with E-state index >= 15 is 0 Å². The largest absolute Gasteiger partial charge is 0.208 e. The fourth-order valence-corrected chi connectivity index (χ4v) is 9.40. The van der Waals surface area contributed by atoms with Crippen molar-refractivity contribution in [1.82, 2.24) is 15.0 Å². The number of hydrogen-bond donors (Lipinski definition) is 0. The first-order chi connectivity index (χ1) is 26.3. The van der Waals surface area contributed by atoms with Crippen molar-refractivity contribution in [2.24, 2.45) is 0 Å². The Morgan fingerprint density at radius 2 is 0.736 bits per heavy atom. The molecular weight excluding hydrogens is 663 g/mol. The summed E-state index contributed by atoms with van der Waals surface area (Å²) in [5.41, 5.74) is 5.33. The van der Waals surface area contributed by atoms with Crippen molar-refractivity contribution in [2.45, 2.75) is 0 Å². The van der Waals surface area contributed by atoms with Crippen molar-refractivity contribution in [3.8, 4) is 45.3 Å². The van der Waals surface area contributed by atoms with Crippen LogP contribution in [0.3, 0.4) is 0 Å². The third-order valence-corrected chi connectivity index (χ3v) is 11.7. The molecule has 0 unspecified atom stereocenters. The zero-order chi connectivity index (χ0) is 34.9. The minimum Gasteiger partial charge on any atom is -0.208 e. The second kappa shape index (κ2) is 11.9. The molecule has 0 amide bonds. The predicted octanol–water partition coefficient (Wildman–Crippen LogP) is 13.5. The van der Waals surface area contributed by atoms with E-state index in [0.717, 1.165) is 27.5 Å². The van der Waals surface area contributed by atoms with Gasteiger partial charge < -0.3 is 0 Å². The molecule has 11 rings (SSSR count). The predicted molar refractivity (Wildman–Crippen MR) is 224 cm³/mol. The molecular formula is C49H29N3S. The van der Waals surface area contributed by atoms with Crippen LogP contribution in [0.4, 0.5) is 0 Å². The molecule has 11 aromatic rings. The maximum Gasteiger partial charge on any atom is 0.165 e. The van der Waals surface area contributed by atoms with Crippen molar-refractivity contribution < 1.29 is 0 Å². The van der Waals surface area contributed by atoms with Crippen molar-refractivity contribution in [3.05, 3.63) is 176 Å². The Bertz CT molecular complexity index is 3110. The molecule has 3 nitrogen and oxygen atoms in total. The summed E-state index contributed by atoms with van der Waals surface area (Å²) < 4.78 is 2.64. The molecule has 0 aliphatic rings. The molecule has 0 aliphatic carbocycles. The van der Waals surface area contributed by atoms with Crippen LogP contribution in [0, 0.1) is 0 Å². The van der Waals surface area contributed by atoms with Crippen molar-refractivity contribution in [3.63, 3.8) is 0 Å². The fourth-order valence-electron chi connectivity index (χ4n) is 8.16. The van der Waals surface area contributed by atoms with E-state index in [1.807, 2.05) is 47.7 Å². The third kappa shape index (κ3) is 4.70. The topological polar surface area (TPSA) is 38.7 Å². The maximum atomic E-state index is 5.20. The van der Waals surface area contributed by atoms with Gasteiger partial charge in [-0.3, -0.25) is 0 Å². The number of fused-ring (bicyclic) bond motifs is 10. The lowest BCUT2D eigenvalue weighted by molar-refractivity contribution is 1.08. The summed E-state index contributed by atoms with van der Waals surface area (Å²) in [5.74, 6) is 1.97. The van der Waals surface area contributed by atoms with Gasteiger partial charge in [-0.15, -0.1) is 11.3 Å². The van der Waals surface area contributed by atoms with E-state index in [4.69, 9.17) is 15.0 Å². The highest BCUT2D eigenvalue weighted by atomic mass is 32.1. The Morgan fingerprint density at radius 3 is 1.30 bits per heavy atom. The first kappa shape index (κ1) is 29.9. The van der Waals surface area contributed by atoms with Crippen molar-refractivity contribution in [2.75, 3.05) is 0 Å². The highest BCUT2D eigenvalue weighted by Crippen LogP contribution is 2.47. The van der Waals surface area contributed by atoms with Gasteiger partial charge in [-0.2, -0.15) is 0 Å². The summed E-state index contributed by atoms with van der Waals surface area (Å²) >= 11 is 1.89. The first-order valence-electron chi connectivity index (χ1n) is 17.9. The summed E-state index contributed by atoms with van der Waals surface area (Å²) in [4.78, 5) is 15.4. The Balaban J connectivity index is 1.21. The van der Waals surface area contributed by atoms with Crippen LogP contribution in [0.15, 0.2) is 176 Å². The zero-order valence-corrected chi connectivity index (χ0v) is 29.3. The Kier molecular flexibility index (Phi) is 6.73. The minimum atomic E-state index is 0.654. The monoisotopic (exact) mass is 691 g/mol. The van der Waals surface area contributed by atoms with Gasteiger partial charge in [0.05, 0.1) is 0 Å². The minimum absolute atomic E-state index is 0.654. The quantitative estimate of drug-likeness (QED) is 0.136. The third-order valence-electron chi connectivity index (χ3n) is 10.5. The summed E-state index contributed by atoms with van der Waals surface area (Å²) in [7, 11) is 0. The average molecular weight is 692 g/mol. The van der Waals surface area contributed by atoms with Gasteiger partial charge in [-0.1, -0.05) is 164 Å². The summed E-state index contributed by atoms with van der Waals surface area (Å²) in [6.07, 6.45) is 0. The van der Waals surface area contributed by atoms with Gasteiger partial charge in [0.2, 0.25) is 0 Å². The van der Waals surface area contributed by atoms with Crippen LogP contribution in [0.2, 0.25) is 0 Å². The van der Waals surface area contributed by atoms with Crippen LogP contribution >= 0.6 is 11.3 Å². The molecule has 4 heteroatoms. The van der Waals surface area contributed by atoms with Gasteiger partial charge in [0.1, 0.15) is 0 Å². The SMILES string of the molecule is c1ccc(-c2nc(-c3ccccc3)nc(-c3c4ccccc4c(-c4ccc5sc6c7ccccc7c7ccccc7c6c5c4)c4ccccc34)n2)cc1. The smallest absolute Gasteiger partial charge is 0.165 e. The van der Waals surface area contributed by atoms with E-state index in [2.05, 4.69) is 140 Å². The highest BCUT2D eigenvalue weighted by Gasteiger charge is 2.21. The number of nitrogens with zero attached hydrogens (tertiary/aromatic N) is 3. The van der Waals surface area contributed by atoms with E-state index in [1.165, 1.54) is 63.6 Å². The van der Waals surface area contributed by atoms with Gasteiger partial charge in [0.15, 0.2) is 17.5 Å². The lowest BCUT2D eigenvalue weighted by atomic mass is 9.87. The number of rotatable bonds is 4. The Morgan fingerprint density at radius 1 is 0.302 bits per heavy atom. The summed E-state index contributed by atoms with van der Waals surface area (Å²) in [5, 5.41) is 12.4. The molecule has 0 N–H and O–H groups in total. The molecule has 246 valence electrons. The van der Waals surface area contributed by atoms with Crippen molar-refractivity contribution in [1.29, 1.82) is 0 Å². The van der Waals surface area contributed by atoms with E-state index < -0.39 is 0 Å². The number of thiophene rings is 1. The molecule has 9 aromatic carbocycles. The van der Waals surface area contributed by atoms with Gasteiger partial charge >= 0.3 is 0 Å².